The van der Waals surface area contributed by atoms with Gasteiger partial charge in [0, 0.05) is 0 Å². The molecule has 4 rings (SSSR count). The quantitative estimate of drug-likeness (QED) is 0.638. The Kier molecular flexibility index (Phi) is 5.73. The van der Waals surface area contributed by atoms with Crippen molar-refractivity contribution in [2.75, 3.05) is 0 Å². The third kappa shape index (κ3) is 2.91. The normalized spacial score (nSPS) is 20.8. The van der Waals surface area contributed by atoms with Gasteiger partial charge in [-0.25, -0.2) is 0 Å². The number of halogens is 1. The van der Waals surface area contributed by atoms with Crippen LogP contribution < -0.4 is 12.4 Å². The van der Waals surface area contributed by atoms with E-state index in [1.807, 2.05) is 0 Å². The zero-order valence-corrected chi connectivity index (χ0v) is 19.4. The van der Waals surface area contributed by atoms with Gasteiger partial charge in [-0.3, -0.25) is 0 Å². The third-order valence-corrected chi connectivity index (χ3v) is 38.4. The average molecular weight is 444 g/mol. The van der Waals surface area contributed by atoms with E-state index in [-0.39, 0.29) is 17.8 Å². The van der Waals surface area contributed by atoms with Crippen molar-refractivity contribution in [1.82, 2.24) is 0 Å². The van der Waals surface area contributed by atoms with Crippen LogP contribution in [0, 0.1) is 0 Å². The van der Waals surface area contributed by atoms with Gasteiger partial charge < -0.3 is 12.4 Å². The van der Waals surface area contributed by atoms with Crippen LogP contribution in [0.1, 0.15) is 36.4 Å². The van der Waals surface area contributed by atoms with Crippen molar-refractivity contribution in [3.63, 3.8) is 0 Å². The maximum absolute atomic E-state index is 2.60. The molecule has 2 aliphatic rings. The minimum atomic E-state index is -2.51. The molecule has 25 heavy (non-hydrogen) atoms. The predicted molar refractivity (Wildman–Crippen MR) is 104 cm³/mol. The molecule has 0 amide bonds. The molecule has 0 saturated heterocycles. The fraction of sp³-hybridized carbons (Fsp3) is 0.273. The molecule has 2 atom stereocenters. The molecular formula is C22H25ClSiZr. The second-order valence-corrected chi connectivity index (χ2v) is 32.1. The second kappa shape index (κ2) is 7.51. The first-order chi connectivity index (χ1) is 11.7. The second-order valence-electron chi connectivity index (χ2n) is 7.33. The Morgan fingerprint density at radius 2 is 1.24 bits per heavy atom. The first-order valence-electron chi connectivity index (χ1n) is 9.03. The minimum absolute atomic E-state index is 0. The molecule has 0 N–H and O–H groups in total. The summed E-state index contributed by atoms with van der Waals surface area (Å²) in [4.78, 5) is 0. The Hall–Kier alpha value is -0.690. The van der Waals surface area contributed by atoms with Crippen LogP contribution in [0.4, 0.5) is 0 Å². The molecule has 2 aromatic rings. The fourth-order valence-electron chi connectivity index (χ4n) is 5.01. The fourth-order valence-corrected chi connectivity index (χ4v) is 33.6. The number of allylic oxidation sites excluding steroid dienone is 2. The van der Waals surface area contributed by atoms with Gasteiger partial charge in [-0.05, 0) is 0 Å². The topological polar surface area (TPSA) is 0 Å². The molecular weight excluding hydrogens is 419 g/mol. The van der Waals surface area contributed by atoms with Crippen molar-refractivity contribution in [3.8, 4) is 0 Å². The largest absolute Gasteiger partial charge is 1.00 e. The number of fused-ring (bicyclic) bond motifs is 2. The maximum Gasteiger partial charge on any atom is -1.00 e. The first kappa shape index (κ1) is 19.1. The van der Waals surface area contributed by atoms with E-state index < -0.39 is 18.9 Å². The minimum Gasteiger partial charge on any atom is -1.00 e. The van der Waals surface area contributed by atoms with Gasteiger partial charge in [0.1, 0.15) is 0 Å². The Morgan fingerprint density at radius 1 is 0.800 bits per heavy atom. The van der Waals surface area contributed by atoms with Crippen LogP contribution in [-0.2, 0) is 18.9 Å². The van der Waals surface area contributed by atoms with E-state index in [0.29, 0.717) is 0 Å². The summed E-state index contributed by atoms with van der Waals surface area (Å²) in [6.07, 6.45) is 9.96. The van der Waals surface area contributed by atoms with Gasteiger partial charge in [-0.15, -0.1) is 0 Å². The van der Waals surface area contributed by atoms with Gasteiger partial charge in [-0.1, -0.05) is 0 Å². The van der Waals surface area contributed by atoms with Crippen LogP contribution in [0.5, 0.6) is 0 Å². The molecule has 128 valence electrons. The van der Waals surface area contributed by atoms with E-state index in [2.05, 4.69) is 92.9 Å². The van der Waals surface area contributed by atoms with Crippen molar-refractivity contribution in [1.29, 1.82) is 0 Å². The molecule has 0 radical (unpaired) electrons. The van der Waals surface area contributed by atoms with Crippen LogP contribution in [0.3, 0.4) is 0 Å². The van der Waals surface area contributed by atoms with Gasteiger partial charge in [0.25, 0.3) is 0 Å². The smallest absolute Gasteiger partial charge is 1.00 e. The summed E-state index contributed by atoms with van der Waals surface area (Å²) in [6.45, 7) is 7.71. The van der Waals surface area contributed by atoms with Crippen molar-refractivity contribution in [2.24, 2.45) is 0 Å². The molecule has 0 spiro atoms. The molecule has 0 heterocycles. The molecule has 0 aromatic heterocycles. The van der Waals surface area contributed by atoms with E-state index in [9.17, 15) is 0 Å². The number of rotatable bonds is 3. The standard InChI is InChI=1S/2C9H7.C2H6Si.C2H5.ClH.Zr/c2*1-2-5-9-7-3-6-8(9)4-1;1-3-2;1-2;;/h2*1-7H;1-2H3;1H2,2H3;1H;/q;;;;;+1/p-1. The van der Waals surface area contributed by atoms with Crippen LogP contribution in [0.2, 0.25) is 17.2 Å². The zero-order valence-electron chi connectivity index (χ0n) is 15.2. The van der Waals surface area contributed by atoms with Crippen LogP contribution in [-0.4, -0.2) is 5.43 Å². The van der Waals surface area contributed by atoms with Crippen molar-refractivity contribution in [2.45, 2.75) is 31.4 Å². The summed E-state index contributed by atoms with van der Waals surface area (Å²) < 4.78 is 2.92. The molecule has 0 bridgehead atoms. The Morgan fingerprint density at radius 3 is 1.64 bits per heavy atom. The Balaban J connectivity index is 0.00000182. The SMILES string of the molecule is C[CH2][Zr+]([CH]1C=Cc2ccccc21)([CH]1C=Cc2ccccc21)=[Si](C)C.[Cl-]. The molecule has 2 unspecified atom stereocenters. The van der Waals surface area contributed by atoms with Gasteiger partial charge in [0.15, 0.2) is 0 Å². The molecule has 2 aromatic carbocycles. The first-order valence-corrected chi connectivity index (χ1v) is 19.8. The van der Waals surface area contributed by atoms with Gasteiger partial charge in [0.2, 0.25) is 0 Å². The number of hydrogen-bond donors (Lipinski definition) is 0. The molecule has 0 nitrogen and oxygen atoms in total. The molecule has 0 saturated carbocycles. The van der Waals surface area contributed by atoms with Gasteiger partial charge in [0.05, 0.1) is 0 Å². The zero-order chi connectivity index (χ0) is 16.7. The van der Waals surface area contributed by atoms with E-state index in [1.165, 1.54) is 15.3 Å². The number of benzene rings is 2. The van der Waals surface area contributed by atoms with E-state index in [1.54, 1.807) is 11.1 Å². The molecule has 0 aliphatic heterocycles. The van der Waals surface area contributed by atoms with Crippen molar-refractivity contribution in [3.05, 3.63) is 82.9 Å². The van der Waals surface area contributed by atoms with Gasteiger partial charge in [-0.2, -0.15) is 0 Å². The molecule has 2 aliphatic carbocycles. The third-order valence-electron chi connectivity index (χ3n) is 6.22. The number of hydrogen-bond acceptors (Lipinski definition) is 0. The van der Waals surface area contributed by atoms with Crippen LogP contribution in [0.25, 0.3) is 12.2 Å². The van der Waals surface area contributed by atoms with Crippen LogP contribution >= 0.6 is 0 Å². The van der Waals surface area contributed by atoms with Crippen LogP contribution in [0.15, 0.2) is 60.7 Å². The Labute approximate surface area is 162 Å². The summed E-state index contributed by atoms with van der Waals surface area (Å²) in [5, 5.41) is 0. The van der Waals surface area contributed by atoms with Gasteiger partial charge >= 0.3 is 151 Å². The summed E-state index contributed by atoms with van der Waals surface area (Å²) in [6, 6.07) is 18.2. The summed E-state index contributed by atoms with van der Waals surface area (Å²) in [5.41, 5.74) is 5.86. The van der Waals surface area contributed by atoms with E-state index in [0.717, 1.165) is 7.25 Å². The summed E-state index contributed by atoms with van der Waals surface area (Å²) in [7, 11) is 0. The van der Waals surface area contributed by atoms with E-state index >= 15 is 0 Å². The summed E-state index contributed by atoms with van der Waals surface area (Å²) >= 11 is -2.51. The molecule has 0 fully saturated rings. The Bertz CT molecular complexity index is 840. The monoisotopic (exact) mass is 442 g/mol. The average Bonchev–Trinajstić information content (AvgIpc) is 3.22. The van der Waals surface area contributed by atoms with E-state index in [4.69, 9.17) is 0 Å². The maximum atomic E-state index is 2.60. The molecule has 3 heteroatoms. The summed E-state index contributed by atoms with van der Waals surface area (Å²) in [5.74, 6) is 0. The van der Waals surface area contributed by atoms with Crippen molar-refractivity contribution < 1.29 is 31.3 Å². The predicted octanol–water partition coefficient (Wildman–Crippen LogP) is 3.37. The van der Waals surface area contributed by atoms with Crippen molar-refractivity contribution >= 4 is 17.6 Å².